The third kappa shape index (κ3) is 4.58. The number of benzene rings is 3. The van der Waals surface area contributed by atoms with Crippen molar-refractivity contribution >= 4 is 38.9 Å². The second kappa shape index (κ2) is 8.23. The Bertz CT molecular complexity index is 1160. The van der Waals surface area contributed by atoms with E-state index in [1.807, 2.05) is 6.92 Å². The van der Waals surface area contributed by atoms with Crippen molar-refractivity contribution in [2.75, 3.05) is 16.7 Å². The maximum Gasteiger partial charge on any atom is 0.264 e. The summed E-state index contributed by atoms with van der Waals surface area (Å²) in [5.74, 6) is -1.01. The number of sulfonamides is 1. The maximum atomic E-state index is 13.3. The lowest BCUT2D eigenvalue weighted by atomic mass is 10.2. The molecule has 0 heterocycles. The molecule has 0 unspecified atom stereocenters. The lowest BCUT2D eigenvalue weighted by molar-refractivity contribution is 0.102. The number of nitrogens with zero attached hydrogens (tertiary/aromatic N) is 1. The average molecular weight is 433 g/mol. The molecule has 8 heteroatoms. The van der Waals surface area contributed by atoms with Crippen molar-refractivity contribution in [1.82, 2.24) is 0 Å². The summed E-state index contributed by atoms with van der Waals surface area (Å²) in [7, 11) is -2.37. The van der Waals surface area contributed by atoms with Crippen LogP contribution in [0.25, 0.3) is 0 Å². The highest BCUT2D eigenvalue weighted by molar-refractivity contribution is 7.92. The molecule has 0 saturated carbocycles. The molecule has 3 aromatic carbocycles. The van der Waals surface area contributed by atoms with Crippen molar-refractivity contribution in [3.63, 3.8) is 0 Å². The van der Waals surface area contributed by atoms with Gasteiger partial charge in [-0.1, -0.05) is 35.4 Å². The molecule has 0 aliphatic carbocycles. The van der Waals surface area contributed by atoms with Crippen LogP contribution < -0.4 is 9.62 Å². The molecule has 3 rings (SSSR count). The second-order valence-corrected chi connectivity index (χ2v) is 8.79. The molecule has 0 aliphatic heterocycles. The molecule has 1 amide bonds. The molecule has 5 nitrogen and oxygen atoms in total. The highest BCUT2D eigenvalue weighted by Crippen LogP contribution is 2.28. The van der Waals surface area contributed by atoms with E-state index in [2.05, 4.69) is 5.32 Å². The van der Waals surface area contributed by atoms with E-state index >= 15 is 0 Å². The second-order valence-electron chi connectivity index (χ2n) is 6.41. The topological polar surface area (TPSA) is 66.5 Å². The van der Waals surface area contributed by atoms with Crippen molar-refractivity contribution in [1.29, 1.82) is 0 Å². The quantitative estimate of drug-likeness (QED) is 0.625. The first-order valence-electron chi connectivity index (χ1n) is 8.60. The van der Waals surface area contributed by atoms with Crippen LogP contribution in [0.2, 0.25) is 5.02 Å². The fourth-order valence-corrected chi connectivity index (χ4v) is 4.10. The summed E-state index contributed by atoms with van der Waals surface area (Å²) in [6, 6.07) is 16.3. The van der Waals surface area contributed by atoms with Crippen LogP contribution in [0.15, 0.2) is 71.6 Å². The first-order chi connectivity index (χ1) is 13.7. The number of anilines is 2. The zero-order valence-corrected chi connectivity index (χ0v) is 17.3. The first kappa shape index (κ1) is 20.8. The van der Waals surface area contributed by atoms with Crippen molar-refractivity contribution in [2.24, 2.45) is 0 Å². The van der Waals surface area contributed by atoms with Gasteiger partial charge in [-0.25, -0.2) is 12.8 Å². The lowest BCUT2D eigenvalue weighted by Gasteiger charge is -2.20. The van der Waals surface area contributed by atoms with Crippen LogP contribution in [-0.4, -0.2) is 21.4 Å². The summed E-state index contributed by atoms with van der Waals surface area (Å²) in [6.45, 7) is 1.87. The van der Waals surface area contributed by atoms with E-state index in [-0.39, 0.29) is 21.2 Å². The van der Waals surface area contributed by atoms with Gasteiger partial charge in [-0.05, 0) is 55.5 Å². The minimum Gasteiger partial charge on any atom is -0.322 e. The summed E-state index contributed by atoms with van der Waals surface area (Å²) in [5.41, 5.74) is 1.68. The van der Waals surface area contributed by atoms with E-state index < -0.39 is 21.7 Å². The van der Waals surface area contributed by atoms with Gasteiger partial charge < -0.3 is 5.32 Å². The third-order valence-corrected chi connectivity index (χ3v) is 6.44. The molecule has 0 saturated heterocycles. The number of rotatable bonds is 5. The highest BCUT2D eigenvalue weighted by Gasteiger charge is 2.22. The van der Waals surface area contributed by atoms with Crippen molar-refractivity contribution in [3.8, 4) is 0 Å². The number of hydrogen-bond acceptors (Lipinski definition) is 3. The van der Waals surface area contributed by atoms with Crippen molar-refractivity contribution in [2.45, 2.75) is 11.8 Å². The predicted molar refractivity (Wildman–Crippen MR) is 113 cm³/mol. The molecule has 0 aromatic heterocycles. The third-order valence-electron chi connectivity index (χ3n) is 4.32. The Morgan fingerprint density at radius 1 is 1.03 bits per heavy atom. The van der Waals surface area contributed by atoms with Gasteiger partial charge in [-0.2, -0.15) is 0 Å². The Hall–Kier alpha value is -2.90. The van der Waals surface area contributed by atoms with Gasteiger partial charge in [0.05, 0.1) is 21.2 Å². The summed E-state index contributed by atoms with van der Waals surface area (Å²) in [6.07, 6.45) is 0. The van der Waals surface area contributed by atoms with Crippen LogP contribution in [0.5, 0.6) is 0 Å². The zero-order valence-electron chi connectivity index (χ0n) is 15.7. The summed E-state index contributed by atoms with van der Waals surface area (Å²) in [4.78, 5) is 12.6. The Morgan fingerprint density at radius 2 is 1.72 bits per heavy atom. The van der Waals surface area contributed by atoms with Gasteiger partial charge in [-0.3, -0.25) is 9.10 Å². The predicted octanol–water partition coefficient (Wildman–Crippen LogP) is 4.86. The minimum atomic E-state index is -3.78. The lowest BCUT2D eigenvalue weighted by Crippen LogP contribution is -2.26. The number of carbonyl (C=O) groups is 1. The van der Waals surface area contributed by atoms with Gasteiger partial charge in [0.2, 0.25) is 0 Å². The molecule has 150 valence electrons. The van der Waals surface area contributed by atoms with E-state index in [4.69, 9.17) is 11.6 Å². The number of amides is 1. The Kier molecular flexibility index (Phi) is 5.91. The van der Waals surface area contributed by atoms with Crippen LogP contribution in [-0.2, 0) is 10.0 Å². The van der Waals surface area contributed by atoms with Gasteiger partial charge in [-0.15, -0.1) is 0 Å². The summed E-state index contributed by atoms with van der Waals surface area (Å²) in [5, 5.41) is 2.63. The zero-order chi connectivity index (χ0) is 21.2. The van der Waals surface area contributed by atoms with Crippen LogP contribution in [0.1, 0.15) is 15.9 Å². The molecule has 0 bridgehead atoms. The fraction of sp³-hybridized carbons (Fsp3) is 0.0952. The Morgan fingerprint density at radius 3 is 2.34 bits per heavy atom. The van der Waals surface area contributed by atoms with E-state index in [1.165, 1.54) is 55.6 Å². The monoisotopic (exact) mass is 432 g/mol. The largest absolute Gasteiger partial charge is 0.322 e. The molecule has 1 N–H and O–H groups in total. The molecule has 0 atom stereocenters. The van der Waals surface area contributed by atoms with Gasteiger partial charge >= 0.3 is 0 Å². The van der Waals surface area contributed by atoms with Gasteiger partial charge in [0.25, 0.3) is 15.9 Å². The van der Waals surface area contributed by atoms with E-state index in [0.717, 1.165) is 9.87 Å². The van der Waals surface area contributed by atoms with Crippen LogP contribution in [0, 0.1) is 12.7 Å². The number of halogens is 2. The van der Waals surface area contributed by atoms with Crippen LogP contribution >= 0.6 is 11.6 Å². The summed E-state index contributed by atoms with van der Waals surface area (Å²) < 4.78 is 40.0. The summed E-state index contributed by atoms with van der Waals surface area (Å²) >= 11 is 6.23. The van der Waals surface area contributed by atoms with Crippen LogP contribution in [0.3, 0.4) is 0 Å². The SMILES string of the molecule is Cc1ccc(S(=O)(=O)N(C)c2ccc(C(=O)Nc3cccc(F)c3)c(Cl)c2)cc1. The molecule has 3 aromatic rings. The molecule has 0 fully saturated rings. The molecule has 0 radical (unpaired) electrons. The standard InChI is InChI=1S/C21H18ClFN2O3S/c1-14-6-9-18(10-7-14)29(27,28)25(2)17-8-11-19(20(22)13-17)21(26)24-16-5-3-4-15(23)12-16/h3-13H,1-2H3,(H,24,26). The maximum absolute atomic E-state index is 13.3. The van der Waals surface area contributed by atoms with Gasteiger partial charge in [0.1, 0.15) is 5.82 Å². The number of aryl methyl sites for hydroxylation is 1. The van der Waals surface area contributed by atoms with E-state index in [1.54, 1.807) is 18.2 Å². The van der Waals surface area contributed by atoms with Gasteiger partial charge in [0, 0.05) is 12.7 Å². The molecule has 0 spiro atoms. The fourth-order valence-electron chi connectivity index (χ4n) is 2.66. The smallest absolute Gasteiger partial charge is 0.264 e. The number of nitrogens with one attached hydrogen (secondary N) is 1. The average Bonchev–Trinajstić information content (AvgIpc) is 2.67. The Labute approximate surface area is 173 Å². The molecular weight excluding hydrogens is 415 g/mol. The normalized spacial score (nSPS) is 11.2. The molecule has 29 heavy (non-hydrogen) atoms. The number of carbonyl (C=O) groups excluding carboxylic acids is 1. The minimum absolute atomic E-state index is 0.0716. The molecule has 0 aliphatic rings. The Balaban J connectivity index is 1.84. The highest BCUT2D eigenvalue weighted by atomic mass is 35.5. The first-order valence-corrected chi connectivity index (χ1v) is 10.4. The van der Waals surface area contributed by atoms with Gasteiger partial charge in [0.15, 0.2) is 0 Å². The van der Waals surface area contributed by atoms with Crippen LogP contribution in [0.4, 0.5) is 15.8 Å². The van der Waals surface area contributed by atoms with E-state index in [9.17, 15) is 17.6 Å². The van der Waals surface area contributed by atoms with E-state index in [0.29, 0.717) is 5.69 Å². The molecular formula is C21H18ClFN2O3S. The van der Waals surface area contributed by atoms with Crippen molar-refractivity contribution < 1.29 is 17.6 Å². The van der Waals surface area contributed by atoms with Crippen molar-refractivity contribution in [3.05, 3.63) is 88.7 Å². The number of hydrogen-bond donors (Lipinski definition) is 1.